The van der Waals surface area contributed by atoms with Crippen LogP contribution >= 0.6 is 0 Å². The van der Waals surface area contributed by atoms with Crippen LogP contribution in [-0.4, -0.2) is 18.6 Å². The molecule has 1 aromatic carbocycles. The fourth-order valence-electron chi connectivity index (χ4n) is 2.76. The molecule has 1 aromatic rings. The van der Waals surface area contributed by atoms with Crippen molar-refractivity contribution in [1.82, 2.24) is 5.32 Å². The molecule has 0 unspecified atom stereocenters. The molecule has 1 aliphatic carbocycles. The van der Waals surface area contributed by atoms with E-state index in [1.165, 1.54) is 31.3 Å². The molecule has 0 bridgehead atoms. The summed E-state index contributed by atoms with van der Waals surface area (Å²) in [4.78, 5) is 12.3. The SMILES string of the molecule is CC[C@@H](Oc1ccccc1C)C(=O)NCCC1=CCCCC1. The van der Waals surface area contributed by atoms with Crippen LogP contribution < -0.4 is 10.1 Å². The number of aryl methyl sites for hydroxylation is 1. The number of allylic oxidation sites excluding steroid dienone is 1. The fourth-order valence-corrected chi connectivity index (χ4v) is 2.76. The molecule has 1 N–H and O–H groups in total. The summed E-state index contributed by atoms with van der Waals surface area (Å²) in [6.07, 6.45) is 8.52. The Hall–Kier alpha value is -1.77. The van der Waals surface area contributed by atoms with Crippen LogP contribution in [0.2, 0.25) is 0 Å². The Balaban J connectivity index is 1.81. The summed E-state index contributed by atoms with van der Waals surface area (Å²) in [5, 5.41) is 3.02. The zero-order valence-electron chi connectivity index (χ0n) is 13.7. The average molecular weight is 301 g/mol. The number of para-hydroxylation sites is 1. The number of carbonyl (C=O) groups excluding carboxylic acids is 1. The highest BCUT2D eigenvalue weighted by molar-refractivity contribution is 5.81. The number of benzene rings is 1. The number of hydrogen-bond acceptors (Lipinski definition) is 2. The third-order valence-electron chi connectivity index (χ3n) is 4.16. The predicted molar refractivity (Wildman–Crippen MR) is 90.1 cm³/mol. The molecule has 2 rings (SSSR count). The van der Waals surface area contributed by atoms with Crippen LogP contribution in [0.3, 0.4) is 0 Å². The van der Waals surface area contributed by atoms with Gasteiger partial charge in [0.1, 0.15) is 5.75 Å². The standard InChI is InChI=1S/C19H27NO2/c1-3-17(22-18-12-8-7-9-15(18)2)19(21)20-14-13-16-10-5-4-6-11-16/h7-10,12,17H,3-6,11,13-14H2,1-2H3,(H,20,21)/t17-/m1/s1. The van der Waals surface area contributed by atoms with Crippen molar-refractivity contribution in [2.24, 2.45) is 0 Å². The van der Waals surface area contributed by atoms with Gasteiger partial charge in [0, 0.05) is 6.54 Å². The number of amides is 1. The average Bonchev–Trinajstić information content (AvgIpc) is 2.55. The van der Waals surface area contributed by atoms with Crippen molar-refractivity contribution in [3.05, 3.63) is 41.5 Å². The summed E-state index contributed by atoms with van der Waals surface area (Å²) in [6, 6.07) is 7.82. The van der Waals surface area contributed by atoms with Gasteiger partial charge in [-0.2, -0.15) is 0 Å². The molecule has 1 aliphatic rings. The van der Waals surface area contributed by atoms with Gasteiger partial charge >= 0.3 is 0 Å². The molecule has 0 heterocycles. The van der Waals surface area contributed by atoms with Gasteiger partial charge in [-0.1, -0.05) is 36.8 Å². The molecule has 0 spiro atoms. The van der Waals surface area contributed by atoms with Crippen molar-refractivity contribution in [1.29, 1.82) is 0 Å². The van der Waals surface area contributed by atoms with E-state index in [9.17, 15) is 4.79 Å². The lowest BCUT2D eigenvalue weighted by Gasteiger charge is -2.19. The lowest BCUT2D eigenvalue weighted by atomic mass is 9.97. The minimum absolute atomic E-state index is 0.0119. The van der Waals surface area contributed by atoms with E-state index in [0.717, 1.165) is 17.7 Å². The van der Waals surface area contributed by atoms with Crippen LogP contribution in [0.25, 0.3) is 0 Å². The molecule has 0 saturated heterocycles. The fraction of sp³-hybridized carbons (Fsp3) is 0.526. The third-order valence-corrected chi connectivity index (χ3v) is 4.16. The van der Waals surface area contributed by atoms with E-state index < -0.39 is 6.10 Å². The van der Waals surface area contributed by atoms with Gasteiger partial charge in [-0.25, -0.2) is 0 Å². The van der Waals surface area contributed by atoms with Gasteiger partial charge in [0.2, 0.25) is 0 Å². The predicted octanol–water partition coefficient (Wildman–Crippen LogP) is 4.16. The highest BCUT2D eigenvalue weighted by Crippen LogP contribution is 2.20. The molecule has 22 heavy (non-hydrogen) atoms. The molecule has 0 radical (unpaired) electrons. The van der Waals surface area contributed by atoms with E-state index in [2.05, 4.69) is 11.4 Å². The molecule has 0 saturated carbocycles. The monoisotopic (exact) mass is 301 g/mol. The third kappa shape index (κ3) is 4.90. The van der Waals surface area contributed by atoms with E-state index in [-0.39, 0.29) is 5.91 Å². The van der Waals surface area contributed by atoms with Gasteiger partial charge in [-0.05, 0) is 57.1 Å². The minimum Gasteiger partial charge on any atom is -0.480 e. The molecule has 0 aromatic heterocycles. The Kier molecular flexibility index (Phi) is 6.50. The number of ether oxygens (including phenoxy) is 1. The Morgan fingerprint density at radius 2 is 2.14 bits per heavy atom. The van der Waals surface area contributed by atoms with Crippen LogP contribution in [0.4, 0.5) is 0 Å². The summed E-state index contributed by atoms with van der Waals surface area (Å²) < 4.78 is 5.87. The van der Waals surface area contributed by atoms with E-state index in [1.807, 2.05) is 38.1 Å². The molecule has 0 fully saturated rings. The second kappa shape index (κ2) is 8.62. The zero-order chi connectivity index (χ0) is 15.8. The van der Waals surface area contributed by atoms with Crippen molar-refractivity contribution in [3.8, 4) is 5.75 Å². The van der Waals surface area contributed by atoms with Gasteiger partial charge in [0.05, 0.1) is 0 Å². The summed E-state index contributed by atoms with van der Waals surface area (Å²) in [5.41, 5.74) is 2.54. The second-order valence-electron chi connectivity index (χ2n) is 5.93. The Morgan fingerprint density at radius 3 is 2.82 bits per heavy atom. The first kappa shape index (κ1) is 16.6. The molecular formula is C19H27NO2. The highest BCUT2D eigenvalue weighted by Gasteiger charge is 2.18. The molecular weight excluding hydrogens is 274 g/mol. The smallest absolute Gasteiger partial charge is 0.261 e. The Labute approximate surface area is 133 Å². The molecule has 0 aliphatic heterocycles. The van der Waals surface area contributed by atoms with Gasteiger partial charge in [0.25, 0.3) is 5.91 Å². The van der Waals surface area contributed by atoms with E-state index in [4.69, 9.17) is 4.74 Å². The molecule has 1 amide bonds. The van der Waals surface area contributed by atoms with E-state index >= 15 is 0 Å². The molecule has 3 nitrogen and oxygen atoms in total. The lowest BCUT2D eigenvalue weighted by molar-refractivity contribution is -0.128. The van der Waals surface area contributed by atoms with Crippen LogP contribution in [0.1, 0.15) is 51.0 Å². The maximum Gasteiger partial charge on any atom is 0.261 e. The summed E-state index contributed by atoms with van der Waals surface area (Å²) in [6.45, 7) is 4.68. The lowest BCUT2D eigenvalue weighted by Crippen LogP contribution is -2.38. The first-order valence-electron chi connectivity index (χ1n) is 8.38. The maximum absolute atomic E-state index is 12.3. The zero-order valence-corrected chi connectivity index (χ0v) is 13.7. The van der Waals surface area contributed by atoms with Gasteiger partial charge in [-0.15, -0.1) is 0 Å². The van der Waals surface area contributed by atoms with Crippen molar-refractivity contribution in [3.63, 3.8) is 0 Å². The second-order valence-corrected chi connectivity index (χ2v) is 5.93. The first-order valence-corrected chi connectivity index (χ1v) is 8.38. The normalized spacial score (nSPS) is 15.8. The van der Waals surface area contributed by atoms with Crippen molar-refractivity contribution in [2.45, 2.75) is 58.5 Å². The van der Waals surface area contributed by atoms with E-state index in [1.54, 1.807) is 0 Å². The largest absolute Gasteiger partial charge is 0.480 e. The summed E-state index contributed by atoms with van der Waals surface area (Å²) in [7, 11) is 0. The summed E-state index contributed by atoms with van der Waals surface area (Å²) >= 11 is 0. The number of nitrogens with one attached hydrogen (secondary N) is 1. The van der Waals surface area contributed by atoms with Crippen molar-refractivity contribution in [2.75, 3.05) is 6.54 Å². The Morgan fingerprint density at radius 1 is 1.32 bits per heavy atom. The van der Waals surface area contributed by atoms with Crippen molar-refractivity contribution >= 4 is 5.91 Å². The van der Waals surface area contributed by atoms with Crippen LogP contribution in [0, 0.1) is 6.92 Å². The maximum atomic E-state index is 12.3. The van der Waals surface area contributed by atoms with Gasteiger partial charge in [0.15, 0.2) is 6.10 Å². The quantitative estimate of drug-likeness (QED) is 0.768. The molecule has 120 valence electrons. The van der Waals surface area contributed by atoms with Crippen LogP contribution in [0.15, 0.2) is 35.9 Å². The molecule has 1 atom stereocenters. The topological polar surface area (TPSA) is 38.3 Å². The number of carbonyl (C=O) groups is 1. The van der Waals surface area contributed by atoms with Gasteiger partial charge in [-0.3, -0.25) is 4.79 Å². The summed E-state index contributed by atoms with van der Waals surface area (Å²) in [5.74, 6) is 0.779. The highest BCUT2D eigenvalue weighted by atomic mass is 16.5. The van der Waals surface area contributed by atoms with E-state index in [0.29, 0.717) is 13.0 Å². The molecule has 3 heteroatoms. The van der Waals surface area contributed by atoms with Crippen LogP contribution in [-0.2, 0) is 4.79 Å². The van der Waals surface area contributed by atoms with Crippen molar-refractivity contribution < 1.29 is 9.53 Å². The Bertz CT molecular complexity index is 522. The first-order chi connectivity index (χ1) is 10.7. The minimum atomic E-state index is -0.415. The van der Waals surface area contributed by atoms with Gasteiger partial charge < -0.3 is 10.1 Å². The number of rotatable bonds is 7. The number of hydrogen-bond donors (Lipinski definition) is 1. The van der Waals surface area contributed by atoms with Crippen LogP contribution in [0.5, 0.6) is 5.75 Å².